The first-order valence-electron chi connectivity index (χ1n) is 11.0. The molecule has 0 aromatic heterocycles. The summed E-state index contributed by atoms with van der Waals surface area (Å²) < 4.78 is 23.3. The van der Waals surface area contributed by atoms with Gasteiger partial charge in [-0.05, 0) is 36.0 Å². The fourth-order valence-corrected chi connectivity index (χ4v) is 6.49. The Morgan fingerprint density at radius 3 is 2.32 bits per heavy atom. The van der Waals surface area contributed by atoms with Crippen LogP contribution in [0.1, 0.15) is 18.9 Å². The Bertz CT molecular complexity index is 1010. The number of nitrogens with zero attached hydrogens (tertiary/aromatic N) is 2. The molecule has 0 aliphatic carbocycles. The van der Waals surface area contributed by atoms with Gasteiger partial charge in [-0.15, -0.1) is 0 Å². The minimum Gasteiger partial charge on any atom is -0.365 e. The lowest BCUT2D eigenvalue weighted by atomic mass is 10.1. The Balaban J connectivity index is 1.45. The van der Waals surface area contributed by atoms with E-state index in [0.717, 1.165) is 31.0 Å². The highest BCUT2D eigenvalue weighted by atomic mass is 32.2. The monoisotopic (exact) mass is 441 g/mol. The number of hydrogen-bond donors (Lipinski definition) is 1. The molecule has 0 radical (unpaired) electrons. The van der Waals surface area contributed by atoms with Gasteiger partial charge in [-0.2, -0.15) is 0 Å². The van der Waals surface area contributed by atoms with E-state index in [1.807, 2.05) is 18.2 Å². The summed E-state index contributed by atoms with van der Waals surface area (Å²) in [5.74, 6) is 0.796. The van der Waals surface area contributed by atoms with E-state index in [4.69, 9.17) is 0 Å². The predicted octanol–water partition coefficient (Wildman–Crippen LogP) is 2.70. The van der Waals surface area contributed by atoms with Crippen LogP contribution in [0.5, 0.6) is 0 Å². The van der Waals surface area contributed by atoms with Gasteiger partial charge in [-0.1, -0.05) is 49.4 Å². The van der Waals surface area contributed by atoms with Gasteiger partial charge < -0.3 is 15.1 Å². The second kappa shape index (κ2) is 9.30. The molecule has 1 N–H and O–H groups in total. The van der Waals surface area contributed by atoms with Gasteiger partial charge in [-0.25, -0.2) is 8.42 Å². The van der Waals surface area contributed by atoms with Crippen LogP contribution in [0.2, 0.25) is 0 Å². The highest BCUT2D eigenvalue weighted by Crippen LogP contribution is 2.34. The molecule has 2 aliphatic heterocycles. The summed E-state index contributed by atoms with van der Waals surface area (Å²) >= 11 is 0. The van der Waals surface area contributed by atoms with Gasteiger partial charge in [0.1, 0.15) is 0 Å². The maximum absolute atomic E-state index is 12.7. The molecule has 0 saturated carbocycles. The number of fused-ring (bicyclic) bond motifs is 1. The van der Waals surface area contributed by atoms with Crippen molar-refractivity contribution in [2.24, 2.45) is 11.8 Å². The molecule has 2 aromatic carbocycles. The molecule has 166 valence electrons. The summed E-state index contributed by atoms with van der Waals surface area (Å²) in [6.07, 6.45) is 0.640. The highest BCUT2D eigenvalue weighted by molar-refractivity contribution is 7.91. The molecule has 6 nitrogen and oxygen atoms in total. The zero-order valence-corrected chi connectivity index (χ0v) is 18.9. The molecular formula is C24H31N3O3S. The topological polar surface area (TPSA) is 69.7 Å². The Kier molecular flexibility index (Phi) is 6.51. The highest BCUT2D eigenvalue weighted by Gasteiger charge is 2.29. The molecular weight excluding hydrogens is 410 g/mol. The summed E-state index contributed by atoms with van der Waals surface area (Å²) in [6.45, 7) is 5.48. The van der Waals surface area contributed by atoms with Crippen LogP contribution in [-0.4, -0.2) is 52.0 Å². The molecule has 2 aliphatic rings. The zero-order chi connectivity index (χ0) is 21.8. The van der Waals surface area contributed by atoms with Gasteiger partial charge in [0.2, 0.25) is 5.91 Å². The van der Waals surface area contributed by atoms with Crippen LogP contribution in [0.15, 0.2) is 54.6 Å². The molecule has 0 bridgehead atoms. The molecule has 2 heterocycles. The quantitative estimate of drug-likeness (QED) is 0.747. The lowest BCUT2D eigenvalue weighted by molar-refractivity contribution is -0.119. The molecule has 1 fully saturated rings. The van der Waals surface area contributed by atoms with Crippen LogP contribution in [0.3, 0.4) is 0 Å². The van der Waals surface area contributed by atoms with Crippen molar-refractivity contribution in [3.63, 3.8) is 0 Å². The van der Waals surface area contributed by atoms with Gasteiger partial charge in [0.25, 0.3) is 0 Å². The second-order valence-corrected chi connectivity index (χ2v) is 11.1. The average molecular weight is 442 g/mol. The lowest BCUT2D eigenvalue weighted by Crippen LogP contribution is -2.41. The van der Waals surface area contributed by atoms with E-state index in [1.165, 1.54) is 5.56 Å². The van der Waals surface area contributed by atoms with Crippen molar-refractivity contribution < 1.29 is 13.2 Å². The summed E-state index contributed by atoms with van der Waals surface area (Å²) in [4.78, 5) is 17.3. The third kappa shape index (κ3) is 5.58. The summed E-state index contributed by atoms with van der Waals surface area (Å²) in [5, 5.41) is 2.97. The van der Waals surface area contributed by atoms with Crippen molar-refractivity contribution in [2.45, 2.75) is 19.9 Å². The number of benzene rings is 2. The number of anilines is 2. The normalized spacial score (nSPS) is 22.6. The van der Waals surface area contributed by atoms with Crippen molar-refractivity contribution in [3.8, 4) is 0 Å². The van der Waals surface area contributed by atoms with E-state index in [9.17, 15) is 13.2 Å². The Labute approximate surface area is 185 Å². The standard InChI is InChI=1S/C24H31N3O3S/c1-19-14-26(16-20-7-3-2-4-8-20)22-9-5-6-10-23(22)27(15-19)17-24(28)25-13-21-11-12-31(29,30)18-21/h2-10,19,21H,11-18H2,1H3,(H,25,28)/t19-,21-/m1/s1. The molecule has 0 spiro atoms. The molecule has 2 atom stereocenters. The smallest absolute Gasteiger partial charge is 0.239 e. The van der Waals surface area contributed by atoms with Crippen molar-refractivity contribution in [2.75, 3.05) is 47.5 Å². The lowest BCUT2D eigenvalue weighted by Gasteiger charge is -2.27. The van der Waals surface area contributed by atoms with Crippen LogP contribution in [0.4, 0.5) is 11.4 Å². The van der Waals surface area contributed by atoms with Gasteiger partial charge >= 0.3 is 0 Å². The van der Waals surface area contributed by atoms with Gasteiger partial charge in [-0.3, -0.25) is 4.79 Å². The minimum absolute atomic E-state index is 0.0330. The minimum atomic E-state index is -2.92. The third-order valence-electron chi connectivity index (χ3n) is 6.09. The van der Waals surface area contributed by atoms with Gasteiger partial charge in [0.15, 0.2) is 9.84 Å². The Morgan fingerprint density at radius 1 is 1.00 bits per heavy atom. The van der Waals surface area contributed by atoms with Gasteiger partial charge in [0, 0.05) is 26.2 Å². The summed E-state index contributed by atoms with van der Waals surface area (Å²) in [5.41, 5.74) is 3.48. The molecule has 31 heavy (non-hydrogen) atoms. The second-order valence-electron chi connectivity index (χ2n) is 8.91. The van der Waals surface area contributed by atoms with E-state index >= 15 is 0 Å². The number of carbonyl (C=O) groups is 1. The van der Waals surface area contributed by atoms with E-state index in [-0.39, 0.29) is 29.9 Å². The summed E-state index contributed by atoms with van der Waals surface area (Å²) in [6, 6.07) is 18.7. The number of hydrogen-bond acceptors (Lipinski definition) is 5. The Morgan fingerprint density at radius 2 is 1.65 bits per heavy atom. The third-order valence-corrected chi connectivity index (χ3v) is 7.93. The fourth-order valence-electron chi connectivity index (χ4n) is 4.63. The zero-order valence-electron chi connectivity index (χ0n) is 18.0. The van der Waals surface area contributed by atoms with E-state index in [2.05, 4.69) is 58.4 Å². The molecule has 7 heteroatoms. The molecule has 1 saturated heterocycles. The number of carbonyl (C=O) groups excluding carboxylic acids is 1. The maximum atomic E-state index is 12.7. The number of sulfone groups is 1. The number of nitrogens with one attached hydrogen (secondary N) is 1. The predicted molar refractivity (Wildman–Crippen MR) is 125 cm³/mol. The van der Waals surface area contributed by atoms with Crippen molar-refractivity contribution >= 4 is 27.1 Å². The largest absolute Gasteiger partial charge is 0.365 e. The van der Waals surface area contributed by atoms with Crippen molar-refractivity contribution in [1.82, 2.24) is 5.32 Å². The first kappa shape index (κ1) is 21.7. The first-order valence-corrected chi connectivity index (χ1v) is 12.8. The van der Waals surface area contributed by atoms with E-state index in [0.29, 0.717) is 18.9 Å². The van der Waals surface area contributed by atoms with Crippen molar-refractivity contribution in [3.05, 3.63) is 60.2 Å². The van der Waals surface area contributed by atoms with Crippen molar-refractivity contribution in [1.29, 1.82) is 0 Å². The van der Waals surface area contributed by atoms with Crippen LogP contribution < -0.4 is 15.1 Å². The van der Waals surface area contributed by atoms with Crippen LogP contribution in [-0.2, 0) is 21.2 Å². The molecule has 2 aromatic rings. The average Bonchev–Trinajstić information content (AvgIpc) is 3.04. The van der Waals surface area contributed by atoms with Crippen LogP contribution >= 0.6 is 0 Å². The molecule has 0 unspecified atom stereocenters. The maximum Gasteiger partial charge on any atom is 0.239 e. The van der Waals surface area contributed by atoms with E-state index in [1.54, 1.807) is 0 Å². The number of rotatable bonds is 6. The number of amides is 1. The SMILES string of the molecule is C[C@H]1CN(CC(=O)NC[C@H]2CCS(=O)(=O)C2)c2ccccc2N(Cc2ccccc2)C1. The van der Waals surface area contributed by atoms with Gasteiger partial charge in [0.05, 0.1) is 29.4 Å². The fraction of sp³-hybridized carbons (Fsp3) is 0.458. The molecule has 1 amide bonds. The van der Waals surface area contributed by atoms with Crippen LogP contribution in [0.25, 0.3) is 0 Å². The number of para-hydroxylation sites is 2. The van der Waals surface area contributed by atoms with E-state index < -0.39 is 9.84 Å². The summed E-state index contributed by atoms with van der Waals surface area (Å²) in [7, 11) is -2.92. The Hall–Kier alpha value is -2.54. The van der Waals surface area contributed by atoms with Crippen LogP contribution in [0, 0.1) is 11.8 Å². The molecule has 4 rings (SSSR count). The first-order chi connectivity index (χ1) is 14.9.